The second-order valence-corrected chi connectivity index (χ2v) is 6.96. The van der Waals surface area contributed by atoms with Crippen LogP contribution in [0.25, 0.3) is 10.8 Å². The SMILES string of the molecule is Cc1nc(C(=O)N2CC[C@H](c3ccc4ccccc4c3)[C@@H](O)C2)c(C)o1. The predicted molar refractivity (Wildman–Crippen MR) is 99.2 cm³/mol. The first kappa shape index (κ1) is 16.8. The third-order valence-corrected chi connectivity index (χ3v) is 5.18. The number of likely N-dealkylation sites (tertiary alicyclic amines) is 1. The van der Waals surface area contributed by atoms with E-state index in [2.05, 4.69) is 35.3 Å². The van der Waals surface area contributed by atoms with Crippen molar-refractivity contribution in [1.29, 1.82) is 0 Å². The molecule has 4 rings (SSSR count). The van der Waals surface area contributed by atoms with Gasteiger partial charge in [-0.1, -0.05) is 42.5 Å². The van der Waals surface area contributed by atoms with E-state index in [4.69, 9.17) is 4.42 Å². The molecule has 0 saturated carbocycles. The van der Waals surface area contributed by atoms with Gasteiger partial charge in [0.2, 0.25) is 0 Å². The number of fused-ring (bicyclic) bond motifs is 1. The third kappa shape index (κ3) is 2.99. The number of hydrogen-bond donors (Lipinski definition) is 1. The maximum atomic E-state index is 12.7. The molecular formula is C21H22N2O3. The van der Waals surface area contributed by atoms with Gasteiger partial charge < -0.3 is 14.4 Å². The topological polar surface area (TPSA) is 66.6 Å². The van der Waals surface area contributed by atoms with Crippen molar-refractivity contribution in [3.8, 4) is 0 Å². The Morgan fingerprint density at radius 2 is 1.96 bits per heavy atom. The molecule has 1 N–H and O–H groups in total. The molecule has 1 saturated heterocycles. The zero-order valence-corrected chi connectivity index (χ0v) is 15.0. The first-order valence-corrected chi connectivity index (χ1v) is 8.93. The summed E-state index contributed by atoms with van der Waals surface area (Å²) in [4.78, 5) is 18.5. The Morgan fingerprint density at radius 3 is 2.65 bits per heavy atom. The Bertz CT molecular complexity index is 963. The third-order valence-electron chi connectivity index (χ3n) is 5.18. The maximum Gasteiger partial charge on any atom is 0.276 e. The molecule has 1 amide bonds. The molecule has 0 unspecified atom stereocenters. The van der Waals surface area contributed by atoms with Crippen LogP contribution in [0.5, 0.6) is 0 Å². The van der Waals surface area contributed by atoms with Crippen LogP contribution >= 0.6 is 0 Å². The molecule has 0 radical (unpaired) electrons. The number of aliphatic hydroxyl groups is 1. The summed E-state index contributed by atoms with van der Waals surface area (Å²) in [6.07, 6.45) is 0.128. The number of carbonyl (C=O) groups excluding carboxylic acids is 1. The molecule has 1 aromatic heterocycles. The summed E-state index contributed by atoms with van der Waals surface area (Å²) in [5.41, 5.74) is 1.47. The predicted octanol–water partition coefficient (Wildman–Crippen LogP) is 3.44. The van der Waals surface area contributed by atoms with Crippen molar-refractivity contribution in [1.82, 2.24) is 9.88 Å². The first-order chi connectivity index (χ1) is 12.5. The fourth-order valence-electron chi connectivity index (χ4n) is 3.82. The number of aliphatic hydroxyl groups excluding tert-OH is 1. The number of aryl methyl sites for hydroxylation is 2. The minimum atomic E-state index is -0.595. The Labute approximate surface area is 152 Å². The zero-order chi connectivity index (χ0) is 18.3. The number of oxazole rings is 1. The normalized spacial score (nSPS) is 20.5. The average Bonchev–Trinajstić information content (AvgIpc) is 2.98. The van der Waals surface area contributed by atoms with Gasteiger partial charge in [-0.25, -0.2) is 4.98 Å². The van der Waals surface area contributed by atoms with Crippen LogP contribution in [0, 0.1) is 13.8 Å². The smallest absolute Gasteiger partial charge is 0.276 e. The van der Waals surface area contributed by atoms with Gasteiger partial charge in [-0.2, -0.15) is 0 Å². The van der Waals surface area contributed by atoms with E-state index in [1.807, 2.05) is 12.1 Å². The van der Waals surface area contributed by atoms with Crippen molar-refractivity contribution in [3.63, 3.8) is 0 Å². The number of hydrogen-bond acceptors (Lipinski definition) is 4. The highest BCUT2D eigenvalue weighted by Gasteiger charge is 2.33. The van der Waals surface area contributed by atoms with E-state index in [1.165, 1.54) is 10.8 Å². The van der Waals surface area contributed by atoms with Crippen molar-refractivity contribution in [2.75, 3.05) is 13.1 Å². The van der Waals surface area contributed by atoms with Crippen molar-refractivity contribution < 1.29 is 14.3 Å². The molecule has 26 heavy (non-hydrogen) atoms. The summed E-state index contributed by atoms with van der Waals surface area (Å²) in [6.45, 7) is 4.37. The van der Waals surface area contributed by atoms with E-state index in [0.717, 1.165) is 12.0 Å². The lowest BCUT2D eigenvalue weighted by Crippen LogP contribution is -2.46. The summed E-state index contributed by atoms with van der Waals surface area (Å²) in [5.74, 6) is 0.871. The highest BCUT2D eigenvalue weighted by Crippen LogP contribution is 2.31. The van der Waals surface area contributed by atoms with Gasteiger partial charge in [-0.05, 0) is 29.7 Å². The van der Waals surface area contributed by atoms with Gasteiger partial charge in [0.05, 0.1) is 6.10 Å². The van der Waals surface area contributed by atoms with E-state index < -0.39 is 6.10 Å². The number of amides is 1. The Morgan fingerprint density at radius 1 is 1.19 bits per heavy atom. The number of rotatable bonds is 2. The Kier molecular flexibility index (Phi) is 4.24. The number of benzene rings is 2. The number of nitrogens with zero attached hydrogens (tertiary/aromatic N) is 2. The van der Waals surface area contributed by atoms with E-state index >= 15 is 0 Å². The number of carbonyl (C=O) groups is 1. The lowest BCUT2D eigenvalue weighted by molar-refractivity contribution is 0.0377. The molecule has 5 heteroatoms. The van der Waals surface area contributed by atoms with E-state index in [9.17, 15) is 9.90 Å². The van der Waals surface area contributed by atoms with Crippen molar-refractivity contribution >= 4 is 16.7 Å². The molecule has 5 nitrogen and oxygen atoms in total. The summed E-state index contributed by atoms with van der Waals surface area (Å²) >= 11 is 0. The molecule has 3 aromatic rings. The van der Waals surface area contributed by atoms with Crippen LogP contribution < -0.4 is 0 Å². The van der Waals surface area contributed by atoms with Gasteiger partial charge in [0.25, 0.3) is 5.91 Å². The summed E-state index contributed by atoms with van der Waals surface area (Å²) in [6, 6.07) is 14.5. The Hall–Kier alpha value is -2.66. The fraction of sp³-hybridized carbons (Fsp3) is 0.333. The molecule has 1 aliphatic heterocycles. The molecule has 0 bridgehead atoms. The van der Waals surface area contributed by atoms with Crippen molar-refractivity contribution in [2.45, 2.75) is 32.3 Å². The average molecular weight is 350 g/mol. The van der Waals surface area contributed by atoms with Crippen LogP contribution in [-0.4, -0.2) is 40.1 Å². The fourth-order valence-corrected chi connectivity index (χ4v) is 3.82. The standard InChI is InChI=1S/C21H22N2O3/c1-13-20(22-14(2)26-13)21(25)23-10-9-18(19(24)12-23)17-8-7-15-5-3-4-6-16(15)11-17/h3-8,11,18-19,24H,9-10,12H2,1-2H3/t18-,19+/m1/s1. The highest BCUT2D eigenvalue weighted by atomic mass is 16.4. The van der Waals surface area contributed by atoms with Gasteiger partial charge in [-0.15, -0.1) is 0 Å². The monoisotopic (exact) mass is 350 g/mol. The van der Waals surface area contributed by atoms with E-state index in [0.29, 0.717) is 30.4 Å². The van der Waals surface area contributed by atoms with Crippen LogP contribution in [0.15, 0.2) is 46.9 Å². The number of piperidine rings is 1. The zero-order valence-electron chi connectivity index (χ0n) is 15.0. The summed E-state index contributed by atoms with van der Waals surface area (Å²) in [7, 11) is 0. The molecule has 0 spiro atoms. The molecule has 2 heterocycles. The van der Waals surface area contributed by atoms with Crippen molar-refractivity contribution in [3.05, 3.63) is 65.4 Å². The largest absolute Gasteiger partial charge is 0.445 e. The van der Waals surface area contributed by atoms with Gasteiger partial charge in [-0.3, -0.25) is 4.79 Å². The Balaban J connectivity index is 1.52. The minimum absolute atomic E-state index is 0.0313. The van der Waals surface area contributed by atoms with Crippen LogP contribution in [0.2, 0.25) is 0 Å². The molecule has 134 valence electrons. The summed E-state index contributed by atoms with van der Waals surface area (Å²) in [5, 5.41) is 13.1. The van der Waals surface area contributed by atoms with Crippen LogP contribution in [0.4, 0.5) is 0 Å². The van der Waals surface area contributed by atoms with Gasteiger partial charge >= 0.3 is 0 Å². The van der Waals surface area contributed by atoms with Crippen LogP contribution in [-0.2, 0) is 0 Å². The molecule has 1 aliphatic rings. The molecule has 1 fully saturated rings. The highest BCUT2D eigenvalue weighted by molar-refractivity contribution is 5.93. The summed E-state index contributed by atoms with van der Waals surface area (Å²) < 4.78 is 5.36. The molecule has 0 aliphatic carbocycles. The van der Waals surface area contributed by atoms with E-state index in [1.54, 1.807) is 18.7 Å². The molecule has 2 aromatic carbocycles. The maximum absolute atomic E-state index is 12.7. The van der Waals surface area contributed by atoms with E-state index in [-0.39, 0.29) is 11.8 Å². The van der Waals surface area contributed by atoms with Crippen LogP contribution in [0.1, 0.15) is 40.0 Å². The first-order valence-electron chi connectivity index (χ1n) is 8.93. The minimum Gasteiger partial charge on any atom is -0.445 e. The lowest BCUT2D eigenvalue weighted by atomic mass is 9.86. The number of β-amino-alcohol motifs (C(OH)–C–C–N with tert-alkyl or cyclic N) is 1. The van der Waals surface area contributed by atoms with Gasteiger partial charge in [0.15, 0.2) is 11.6 Å². The van der Waals surface area contributed by atoms with Gasteiger partial charge in [0.1, 0.15) is 5.76 Å². The van der Waals surface area contributed by atoms with Crippen LogP contribution in [0.3, 0.4) is 0 Å². The second-order valence-electron chi connectivity index (χ2n) is 6.96. The lowest BCUT2D eigenvalue weighted by Gasteiger charge is -2.36. The molecular weight excluding hydrogens is 328 g/mol. The molecule has 2 atom stereocenters. The second kappa shape index (κ2) is 6.57. The van der Waals surface area contributed by atoms with Gasteiger partial charge in [0, 0.05) is 25.9 Å². The quantitative estimate of drug-likeness (QED) is 0.769. The van der Waals surface area contributed by atoms with Crippen molar-refractivity contribution in [2.24, 2.45) is 0 Å². The number of aromatic nitrogens is 1.